The van der Waals surface area contributed by atoms with Crippen molar-refractivity contribution in [2.75, 3.05) is 0 Å². The summed E-state index contributed by atoms with van der Waals surface area (Å²) in [4.78, 5) is 4.14. The predicted molar refractivity (Wildman–Crippen MR) is 45.3 cm³/mol. The highest BCUT2D eigenvalue weighted by Gasteiger charge is 1.91. The first-order valence-corrected chi connectivity index (χ1v) is 3.45. The first-order valence-electron chi connectivity index (χ1n) is 3.45. The summed E-state index contributed by atoms with van der Waals surface area (Å²) in [5.74, 6) is 0. The first-order chi connectivity index (χ1) is 5.40. The minimum atomic E-state index is 0.961. The van der Waals surface area contributed by atoms with Gasteiger partial charge in [0, 0.05) is 18.6 Å². The Morgan fingerprint density at radius 3 is 3.18 bits per heavy atom. The third-order valence-electron chi connectivity index (χ3n) is 1.66. The molecule has 0 radical (unpaired) electrons. The quantitative estimate of drug-likeness (QED) is 0.598. The zero-order valence-corrected chi connectivity index (χ0v) is 6.07. The third kappa shape index (κ3) is 0.923. The lowest BCUT2D eigenvalue weighted by atomic mass is 10.3. The van der Waals surface area contributed by atoms with Crippen molar-refractivity contribution < 1.29 is 0 Å². The van der Waals surface area contributed by atoms with Crippen LogP contribution in [0.3, 0.4) is 0 Å². The Morgan fingerprint density at radius 1 is 1.45 bits per heavy atom. The molecule has 2 aromatic heterocycles. The van der Waals surface area contributed by atoms with E-state index in [1.165, 1.54) is 0 Å². The molecule has 0 aromatic carbocycles. The van der Waals surface area contributed by atoms with E-state index in [1.54, 1.807) is 6.20 Å². The highest BCUT2D eigenvalue weighted by Crippen LogP contribution is 2.05. The number of pyridine rings is 1. The second-order valence-corrected chi connectivity index (χ2v) is 2.36. The topological polar surface area (TPSA) is 17.3 Å². The van der Waals surface area contributed by atoms with Gasteiger partial charge in [-0.25, -0.2) is 4.98 Å². The number of hydrogen-bond acceptors (Lipinski definition) is 1. The van der Waals surface area contributed by atoms with Gasteiger partial charge in [-0.15, -0.1) is 0 Å². The Hall–Kier alpha value is -1.57. The van der Waals surface area contributed by atoms with E-state index in [0.29, 0.717) is 0 Å². The predicted octanol–water partition coefficient (Wildman–Crippen LogP) is 1.98. The molecule has 0 saturated heterocycles. The van der Waals surface area contributed by atoms with Gasteiger partial charge in [0.2, 0.25) is 0 Å². The minimum absolute atomic E-state index is 0.961. The molecule has 0 fully saturated rings. The fraction of sp³-hybridized carbons (Fsp3) is 0. The van der Waals surface area contributed by atoms with Crippen LogP contribution in [0.4, 0.5) is 0 Å². The van der Waals surface area contributed by atoms with E-state index in [2.05, 4.69) is 11.6 Å². The van der Waals surface area contributed by atoms with Gasteiger partial charge in [0.05, 0.1) is 0 Å². The summed E-state index contributed by atoms with van der Waals surface area (Å²) in [7, 11) is 0. The number of nitrogens with zero attached hydrogens (tertiary/aromatic N) is 2. The molecule has 0 aliphatic heterocycles. The van der Waals surface area contributed by atoms with Gasteiger partial charge < -0.3 is 4.40 Å². The van der Waals surface area contributed by atoms with Crippen LogP contribution in [0.5, 0.6) is 0 Å². The lowest BCUT2D eigenvalue weighted by molar-refractivity contribution is 1.18. The maximum Gasteiger partial charge on any atom is 0.137 e. The van der Waals surface area contributed by atoms with Gasteiger partial charge in [-0.1, -0.05) is 12.7 Å². The largest absolute Gasteiger partial charge is 0.307 e. The van der Waals surface area contributed by atoms with Crippen molar-refractivity contribution in [3.63, 3.8) is 0 Å². The molecule has 0 amide bonds. The van der Waals surface area contributed by atoms with Crippen molar-refractivity contribution in [1.29, 1.82) is 0 Å². The van der Waals surface area contributed by atoms with Crippen molar-refractivity contribution >= 4 is 11.7 Å². The van der Waals surface area contributed by atoms with E-state index >= 15 is 0 Å². The van der Waals surface area contributed by atoms with Crippen LogP contribution < -0.4 is 0 Å². The summed E-state index contributed by atoms with van der Waals surface area (Å²) in [6.07, 6.45) is 7.48. The summed E-state index contributed by atoms with van der Waals surface area (Å²) in [5, 5.41) is 0. The van der Waals surface area contributed by atoms with Crippen molar-refractivity contribution in [3.05, 3.63) is 42.9 Å². The number of hydrogen-bond donors (Lipinski definition) is 0. The molecule has 0 saturated carbocycles. The van der Waals surface area contributed by atoms with Crippen LogP contribution in [0.1, 0.15) is 5.56 Å². The SMILES string of the molecule is C=Cc1ccn2ccnc2c1. The molecule has 2 heteroatoms. The molecule has 0 aliphatic rings. The average Bonchev–Trinajstić information content (AvgIpc) is 2.50. The van der Waals surface area contributed by atoms with Gasteiger partial charge in [-0.2, -0.15) is 0 Å². The Kier molecular flexibility index (Phi) is 1.25. The summed E-state index contributed by atoms with van der Waals surface area (Å²) in [5.41, 5.74) is 2.06. The highest BCUT2D eigenvalue weighted by molar-refractivity contribution is 5.53. The smallest absolute Gasteiger partial charge is 0.137 e. The standard InChI is InChI=1S/C9H8N2/c1-2-8-3-5-11-6-4-10-9(11)7-8/h2-7H,1H2. The molecule has 2 heterocycles. The lowest BCUT2D eigenvalue weighted by Crippen LogP contribution is -1.82. The van der Waals surface area contributed by atoms with Crippen LogP contribution >= 0.6 is 0 Å². The maximum atomic E-state index is 4.14. The van der Waals surface area contributed by atoms with Crippen LogP contribution in [0, 0.1) is 0 Å². The molecule has 2 rings (SSSR count). The number of fused-ring (bicyclic) bond motifs is 1. The van der Waals surface area contributed by atoms with Crippen LogP contribution in [0.25, 0.3) is 11.7 Å². The molecule has 11 heavy (non-hydrogen) atoms. The Balaban J connectivity index is 2.76. The second-order valence-electron chi connectivity index (χ2n) is 2.36. The molecule has 0 unspecified atom stereocenters. The van der Waals surface area contributed by atoms with Crippen molar-refractivity contribution in [1.82, 2.24) is 9.38 Å². The van der Waals surface area contributed by atoms with Crippen molar-refractivity contribution in [3.8, 4) is 0 Å². The van der Waals surface area contributed by atoms with Gasteiger partial charge >= 0.3 is 0 Å². The van der Waals surface area contributed by atoms with Gasteiger partial charge in [0.1, 0.15) is 5.65 Å². The number of aromatic nitrogens is 2. The van der Waals surface area contributed by atoms with Crippen LogP contribution in [0.2, 0.25) is 0 Å². The van der Waals surface area contributed by atoms with Gasteiger partial charge in [0.25, 0.3) is 0 Å². The van der Waals surface area contributed by atoms with E-state index in [9.17, 15) is 0 Å². The molecule has 0 bridgehead atoms. The summed E-state index contributed by atoms with van der Waals surface area (Å²) < 4.78 is 1.97. The zero-order chi connectivity index (χ0) is 7.68. The monoisotopic (exact) mass is 144 g/mol. The first kappa shape index (κ1) is 6.16. The number of rotatable bonds is 1. The highest BCUT2D eigenvalue weighted by atomic mass is 15.0. The fourth-order valence-electron chi connectivity index (χ4n) is 1.05. The maximum absolute atomic E-state index is 4.14. The molecule has 0 spiro atoms. The summed E-state index contributed by atoms with van der Waals surface area (Å²) >= 11 is 0. The molecule has 0 N–H and O–H groups in total. The van der Waals surface area contributed by atoms with E-state index in [-0.39, 0.29) is 0 Å². The Labute approximate surface area is 64.8 Å². The van der Waals surface area contributed by atoms with Crippen molar-refractivity contribution in [2.24, 2.45) is 0 Å². The third-order valence-corrected chi connectivity index (χ3v) is 1.66. The summed E-state index contributed by atoms with van der Waals surface area (Å²) in [6, 6.07) is 3.99. The Morgan fingerprint density at radius 2 is 2.36 bits per heavy atom. The zero-order valence-electron chi connectivity index (χ0n) is 6.07. The fourth-order valence-corrected chi connectivity index (χ4v) is 1.05. The second kappa shape index (κ2) is 2.23. The number of imidazole rings is 1. The molecular weight excluding hydrogens is 136 g/mol. The van der Waals surface area contributed by atoms with Crippen molar-refractivity contribution in [2.45, 2.75) is 0 Å². The van der Waals surface area contributed by atoms with Crippen LogP contribution in [0.15, 0.2) is 37.3 Å². The molecular formula is C9H8N2. The lowest BCUT2D eigenvalue weighted by Gasteiger charge is -1.93. The summed E-state index contributed by atoms with van der Waals surface area (Å²) in [6.45, 7) is 3.69. The minimum Gasteiger partial charge on any atom is -0.307 e. The van der Waals surface area contributed by atoms with E-state index in [1.807, 2.05) is 35.0 Å². The molecule has 54 valence electrons. The van der Waals surface area contributed by atoms with E-state index in [4.69, 9.17) is 0 Å². The van der Waals surface area contributed by atoms with E-state index < -0.39 is 0 Å². The van der Waals surface area contributed by atoms with E-state index in [0.717, 1.165) is 11.2 Å². The molecule has 2 nitrogen and oxygen atoms in total. The van der Waals surface area contributed by atoms with Crippen LogP contribution in [-0.4, -0.2) is 9.38 Å². The average molecular weight is 144 g/mol. The normalized spacial score (nSPS) is 10.2. The molecule has 2 aromatic rings. The van der Waals surface area contributed by atoms with Gasteiger partial charge in [0.15, 0.2) is 0 Å². The molecule has 0 atom stereocenters. The van der Waals surface area contributed by atoms with Gasteiger partial charge in [-0.05, 0) is 17.7 Å². The van der Waals surface area contributed by atoms with Crippen LogP contribution in [-0.2, 0) is 0 Å². The molecule has 0 aliphatic carbocycles. The Bertz CT molecular complexity index is 387. The van der Waals surface area contributed by atoms with Gasteiger partial charge in [-0.3, -0.25) is 0 Å².